The van der Waals surface area contributed by atoms with Gasteiger partial charge >= 0.3 is 0 Å². The Kier molecular flexibility index (Phi) is 5.41. The van der Waals surface area contributed by atoms with Crippen molar-refractivity contribution in [1.82, 2.24) is 19.9 Å². The summed E-state index contributed by atoms with van der Waals surface area (Å²) < 4.78 is 69.0. The summed E-state index contributed by atoms with van der Waals surface area (Å²) in [6, 6.07) is 11.3. The highest BCUT2D eigenvalue weighted by molar-refractivity contribution is 5.60. The van der Waals surface area contributed by atoms with Crippen molar-refractivity contribution in [3.63, 3.8) is 0 Å². The third-order valence-electron chi connectivity index (χ3n) is 5.00. The van der Waals surface area contributed by atoms with Gasteiger partial charge in [0.25, 0.3) is 0 Å². The second-order valence-electron chi connectivity index (χ2n) is 7.53. The van der Waals surface area contributed by atoms with Gasteiger partial charge in [-0.3, -0.25) is 9.97 Å². The molecule has 4 nitrogen and oxygen atoms in total. The molecule has 0 spiro atoms. The highest BCUT2D eigenvalue weighted by Gasteiger charge is 2.29. The number of halogens is 5. The van der Waals surface area contributed by atoms with Crippen LogP contribution in [0.15, 0.2) is 54.6 Å². The minimum Gasteiger partial charge on any atom is -0.252 e. The largest absolute Gasteiger partial charge is 0.252 e. The first-order chi connectivity index (χ1) is 15.1. The van der Waals surface area contributed by atoms with Crippen LogP contribution in [-0.2, 0) is 5.41 Å². The van der Waals surface area contributed by atoms with E-state index in [1.165, 1.54) is 18.2 Å². The Labute approximate surface area is 179 Å². The molecule has 0 N–H and O–H groups in total. The molecule has 162 valence electrons. The van der Waals surface area contributed by atoms with E-state index in [0.29, 0.717) is 5.69 Å². The predicted octanol–water partition coefficient (Wildman–Crippen LogP) is 5.62. The molecule has 32 heavy (non-hydrogen) atoms. The van der Waals surface area contributed by atoms with Gasteiger partial charge in [-0.2, -0.15) is 27.5 Å². The zero-order valence-corrected chi connectivity index (χ0v) is 16.9. The standard InChI is InChI=1S/C23H15F5N4/c1-23(2,17-5-3-4-15(29-17)13-6-8-19(25)31-21(13)27)18-11-12(24)10-16(30-18)14-7-9-20(26)32-22(14)28/h3-11H,1-2H3. The summed E-state index contributed by atoms with van der Waals surface area (Å²) in [6.07, 6.45) is 0. The van der Waals surface area contributed by atoms with Crippen molar-refractivity contribution in [1.29, 1.82) is 0 Å². The Morgan fingerprint density at radius 1 is 0.594 bits per heavy atom. The summed E-state index contributed by atoms with van der Waals surface area (Å²) in [5.41, 5.74) is -0.422. The smallest absolute Gasteiger partial charge is 0.224 e. The zero-order chi connectivity index (χ0) is 23.0. The Hall–Kier alpha value is -3.75. The van der Waals surface area contributed by atoms with E-state index in [1.807, 2.05) is 0 Å². The van der Waals surface area contributed by atoms with Gasteiger partial charge in [0.2, 0.25) is 23.8 Å². The van der Waals surface area contributed by atoms with Gasteiger partial charge in [-0.25, -0.2) is 4.39 Å². The van der Waals surface area contributed by atoms with Crippen molar-refractivity contribution in [2.24, 2.45) is 0 Å². The lowest BCUT2D eigenvalue weighted by atomic mass is 9.84. The Morgan fingerprint density at radius 2 is 1.16 bits per heavy atom. The monoisotopic (exact) mass is 442 g/mol. The first-order valence-corrected chi connectivity index (χ1v) is 9.45. The lowest BCUT2D eigenvalue weighted by molar-refractivity contribution is 0.514. The quantitative estimate of drug-likeness (QED) is 0.304. The van der Waals surface area contributed by atoms with Gasteiger partial charge in [0.05, 0.1) is 33.9 Å². The average Bonchev–Trinajstić information content (AvgIpc) is 2.73. The van der Waals surface area contributed by atoms with E-state index >= 15 is 0 Å². The number of hydrogen-bond donors (Lipinski definition) is 0. The summed E-state index contributed by atoms with van der Waals surface area (Å²) in [7, 11) is 0. The molecule has 4 rings (SSSR count). The number of hydrogen-bond acceptors (Lipinski definition) is 4. The highest BCUT2D eigenvalue weighted by Crippen LogP contribution is 2.33. The van der Waals surface area contributed by atoms with Crippen LogP contribution >= 0.6 is 0 Å². The molecule has 4 aromatic heterocycles. The fraction of sp³-hybridized carbons (Fsp3) is 0.130. The van der Waals surface area contributed by atoms with Crippen LogP contribution in [0.25, 0.3) is 22.5 Å². The third kappa shape index (κ3) is 4.05. The van der Waals surface area contributed by atoms with Crippen LogP contribution in [0.2, 0.25) is 0 Å². The van der Waals surface area contributed by atoms with E-state index in [1.54, 1.807) is 26.0 Å². The molecule has 0 radical (unpaired) electrons. The fourth-order valence-corrected chi connectivity index (χ4v) is 3.23. The number of pyridine rings is 4. The topological polar surface area (TPSA) is 51.6 Å². The maximum absolute atomic E-state index is 14.4. The molecular formula is C23H15F5N4. The van der Waals surface area contributed by atoms with E-state index in [2.05, 4.69) is 19.9 Å². The Morgan fingerprint density at radius 3 is 1.75 bits per heavy atom. The van der Waals surface area contributed by atoms with Crippen molar-refractivity contribution < 1.29 is 22.0 Å². The molecule has 0 aliphatic carbocycles. The molecular weight excluding hydrogens is 427 g/mol. The van der Waals surface area contributed by atoms with Gasteiger partial charge < -0.3 is 0 Å². The minimum atomic E-state index is -1.12. The summed E-state index contributed by atoms with van der Waals surface area (Å²) in [5.74, 6) is -4.79. The normalized spacial score (nSPS) is 11.6. The van der Waals surface area contributed by atoms with Gasteiger partial charge in [0.15, 0.2) is 0 Å². The van der Waals surface area contributed by atoms with Crippen LogP contribution in [0.3, 0.4) is 0 Å². The molecule has 4 aromatic rings. The number of aromatic nitrogens is 4. The van der Waals surface area contributed by atoms with Crippen LogP contribution in [0.4, 0.5) is 22.0 Å². The van der Waals surface area contributed by atoms with Gasteiger partial charge in [-0.05, 0) is 56.3 Å². The molecule has 0 aromatic carbocycles. The molecule has 0 amide bonds. The van der Waals surface area contributed by atoms with Crippen LogP contribution in [0, 0.1) is 29.6 Å². The molecule has 0 aliphatic rings. The molecule has 0 aliphatic heterocycles. The van der Waals surface area contributed by atoms with Crippen molar-refractivity contribution in [2.75, 3.05) is 0 Å². The van der Waals surface area contributed by atoms with Gasteiger partial charge in [-0.1, -0.05) is 6.07 Å². The van der Waals surface area contributed by atoms with E-state index in [-0.39, 0.29) is 28.2 Å². The molecule has 0 unspecified atom stereocenters. The highest BCUT2D eigenvalue weighted by atomic mass is 19.2. The summed E-state index contributed by atoms with van der Waals surface area (Å²) >= 11 is 0. The van der Waals surface area contributed by atoms with Crippen molar-refractivity contribution in [2.45, 2.75) is 19.3 Å². The van der Waals surface area contributed by atoms with Crippen molar-refractivity contribution >= 4 is 0 Å². The van der Waals surface area contributed by atoms with E-state index in [4.69, 9.17) is 0 Å². The summed E-state index contributed by atoms with van der Waals surface area (Å²) in [4.78, 5) is 15.1. The van der Waals surface area contributed by atoms with Gasteiger partial charge in [0, 0.05) is 11.5 Å². The molecule has 4 heterocycles. The van der Waals surface area contributed by atoms with Crippen LogP contribution in [0.1, 0.15) is 25.2 Å². The summed E-state index contributed by atoms with van der Waals surface area (Å²) in [5, 5.41) is 0. The molecule has 0 saturated heterocycles. The van der Waals surface area contributed by atoms with Crippen molar-refractivity contribution in [3.8, 4) is 22.5 Å². The fourth-order valence-electron chi connectivity index (χ4n) is 3.23. The predicted molar refractivity (Wildman–Crippen MR) is 107 cm³/mol. The number of nitrogens with zero attached hydrogens (tertiary/aromatic N) is 4. The second kappa shape index (κ2) is 8.07. The Balaban J connectivity index is 1.79. The van der Waals surface area contributed by atoms with Gasteiger partial charge in [0.1, 0.15) is 5.82 Å². The molecule has 9 heteroatoms. The molecule has 0 saturated carbocycles. The second-order valence-corrected chi connectivity index (χ2v) is 7.53. The lowest BCUT2D eigenvalue weighted by Crippen LogP contribution is -2.23. The third-order valence-corrected chi connectivity index (χ3v) is 5.00. The molecule has 0 atom stereocenters. The number of rotatable bonds is 4. The van der Waals surface area contributed by atoms with E-state index in [9.17, 15) is 22.0 Å². The first-order valence-electron chi connectivity index (χ1n) is 9.45. The van der Waals surface area contributed by atoms with Crippen LogP contribution < -0.4 is 0 Å². The Bertz CT molecular complexity index is 1320. The summed E-state index contributed by atoms with van der Waals surface area (Å²) in [6.45, 7) is 3.42. The average molecular weight is 442 g/mol. The maximum atomic E-state index is 14.4. The van der Waals surface area contributed by atoms with E-state index < -0.39 is 35.0 Å². The minimum absolute atomic E-state index is 0.00334. The lowest BCUT2D eigenvalue weighted by Gasteiger charge is -2.25. The molecule has 0 fully saturated rings. The molecule has 0 bridgehead atoms. The first kappa shape index (κ1) is 21.5. The SMILES string of the molecule is CC(C)(c1cccc(-c2ccc(F)nc2F)n1)c1cc(F)cc(-c2ccc(F)nc2F)n1. The van der Waals surface area contributed by atoms with Crippen LogP contribution in [0.5, 0.6) is 0 Å². The van der Waals surface area contributed by atoms with Crippen LogP contribution in [-0.4, -0.2) is 19.9 Å². The zero-order valence-electron chi connectivity index (χ0n) is 16.9. The van der Waals surface area contributed by atoms with Crippen molar-refractivity contribution in [3.05, 3.63) is 95.6 Å². The van der Waals surface area contributed by atoms with Gasteiger partial charge in [-0.15, -0.1) is 0 Å². The van der Waals surface area contributed by atoms with E-state index in [0.717, 1.165) is 24.3 Å². The maximum Gasteiger partial charge on any atom is 0.224 e.